The maximum atomic E-state index is 12.0. The summed E-state index contributed by atoms with van der Waals surface area (Å²) in [5.74, 6) is 0.614. The fraction of sp³-hybridized carbons (Fsp3) is 0.250. The number of nitrogen functional groups attached to an aromatic ring is 1. The van der Waals surface area contributed by atoms with Gasteiger partial charge in [0.2, 0.25) is 5.89 Å². The minimum Gasteiger partial charge on any atom is -0.408 e. The number of rotatable bonds is 3. The Morgan fingerprint density at radius 1 is 1.37 bits per heavy atom. The zero-order chi connectivity index (χ0) is 13.4. The molecule has 0 spiro atoms. The zero-order valence-corrected chi connectivity index (χ0v) is 11.5. The van der Waals surface area contributed by atoms with Crippen LogP contribution in [0.4, 0.5) is 11.7 Å². The summed E-state index contributed by atoms with van der Waals surface area (Å²) in [5, 5.41) is 10.3. The number of hydrogen-bond acceptors (Lipinski definition) is 5. The number of carbonyl (C=O) groups is 1. The quantitative estimate of drug-likeness (QED) is 0.847. The van der Waals surface area contributed by atoms with Gasteiger partial charge >= 0.3 is 6.01 Å². The van der Waals surface area contributed by atoms with Crippen LogP contribution in [-0.2, 0) is 0 Å². The number of anilines is 2. The second kappa shape index (κ2) is 4.65. The molecule has 1 fully saturated rings. The number of benzene rings is 1. The van der Waals surface area contributed by atoms with Gasteiger partial charge in [0.1, 0.15) is 0 Å². The van der Waals surface area contributed by atoms with Crippen LogP contribution in [0.3, 0.4) is 0 Å². The molecule has 0 unspecified atom stereocenters. The summed E-state index contributed by atoms with van der Waals surface area (Å²) in [6.45, 7) is 0. The predicted octanol–water partition coefficient (Wildman–Crippen LogP) is 2.54. The Kier molecular flexibility index (Phi) is 2.98. The zero-order valence-electron chi connectivity index (χ0n) is 9.89. The fourth-order valence-corrected chi connectivity index (χ4v) is 2.20. The summed E-state index contributed by atoms with van der Waals surface area (Å²) >= 11 is 3.29. The first kappa shape index (κ1) is 12.2. The van der Waals surface area contributed by atoms with Crippen molar-refractivity contribution < 1.29 is 9.21 Å². The van der Waals surface area contributed by atoms with Crippen LogP contribution < -0.4 is 11.1 Å². The Morgan fingerprint density at radius 3 is 2.84 bits per heavy atom. The van der Waals surface area contributed by atoms with Crippen molar-refractivity contribution in [1.82, 2.24) is 10.2 Å². The molecular formula is C12H11BrN4O2. The highest BCUT2D eigenvalue weighted by molar-refractivity contribution is 9.10. The van der Waals surface area contributed by atoms with Gasteiger partial charge in [0.15, 0.2) is 0 Å². The SMILES string of the molecule is Nc1cc(Br)cc(C(=O)Nc2nnc(C3CC3)o2)c1. The molecule has 0 saturated heterocycles. The smallest absolute Gasteiger partial charge is 0.322 e. The van der Waals surface area contributed by atoms with Gasteiger partial charge < -0.3 is 10.2 Å². The Labute approximate surface area is 117 Å². The van der Waals surface area contributed by atoms with E-state index < -0.39 is 0 Å². The average molecular weight is 323 g/mol. The molecule has 0 atom stereocenters. The number of halogens is 1. The molecule has 1 saturated carbocycles. The molecule has 0 radical (unpaired) electrons. The van der Waals surface area contributed by atoms with Crippen LogP contribution >= 0.6 is 15.9 Å². The van der Waals surface area contributed by atoms with Gasteiger partial charge in [-0.3, -0.25) is 10.1 Å². The third-order valence-electron chi connectivity index (χ3n) is 2.77. The molecule has 0 bridgehead atoms. The van der Waals surface area contributed by atoms with Crippen LogP contribution in [0.1, 0.15) is 35.0 Å². The van der Waals surface area contributed by atoms with E-state index in [0.717, 1.165) is 17.3 Å². The monoisotopic (exact) mass is 322 g/mol. The summed E-state index contributed by atoms with van der Waals surface area (Å²) in [6.07, 6.45) is 2.13. The maximum absolute atomic E-state index is 12.0. The maximum Gasteiger partial charge on any atom is 0.322 e. The van der Waals surface area contributed by atoms with Gasteiger partial charge in [0.05, 0.1) is 0 Å². The number of carbonyl (C=O) groups excluding carboxylic acids is 1. The predicted molar refractivity (Wildman–Crippen MR) is 72.8 cm³/mol. The van der Waals surface area contributed by atoms with Crippen LogP contribution in [0.25, 0.3) is 0 Å². The van der Waals surface area contributed by atoms with E-state index in [-0.39, 0.29) is 11.9 Å². The molecular weight excluding hydrogens is 312 g/mol. The summed E-state index contributed by atoms with van der Waals surface area (Å²) in [5.41, 5.74) is 6.61. The van der Waals surface area contributed by atoms with Gasteiger partial charge in [-0.1, -0.05) is 21.0 Å². The number of amides is 1. The van der Waals surface area contributed by atoms with Gasteiger partial charge in [-0.15, -0.1) is 5.10 Å². The molecule has 19 heavy (non-hydrogen) atoms. The molecule has 1 aliphatic carbocycles. The second-order valence-corrected chi connectivity index (χ2v) is 5.36. The van der Waals surface area contributed by atoms with Gasteiger partial charge in [-0.25, -0.2) is 0 Å². The van der Waals surface area contributed by atoms with Crippen LogP contribution in [-0.4, -0.2) is 16.1 Å². The lowest BCUT2D eigenvalue weighted by Gasteiger charge is -2.03. The van der Waals surface area contributed by atoms with E-state index in [4.69, 9.17) is 10.2 Å². The van der Waals surface area contributed by atoms with E-state index >= 15 is 0 Å². The summed E-state index contributed by atoms with van der Waals surface area (Å²) in [6, 6.07) is 5.09. The van der Waals surface area contributed by atoms with E-state index in [2.05, 4.69) is 31.4 Å². The van der Waals surface area contributed by atoms with Gasteiger partial charge in [-0.05, 0) is 31.0 Å². The lowest BCUT2D eigenvalue weighted by molar-refractivity contribution is 0.102. The fourth-order valence-electron chi connectivity index (χ4n) is 1.69. The van der Waals surface area contributed by atoms with Crippen molar-refractivity contribution in [1.29, 1.82) is 0 Å². The molecule has 6 nitrogen and oxygen atoms in total. The van der Waals surface area contributed by atoms with Gasteiger partial charge in [0.25, 0.3) is 5.91 Å². The summed E-state index contributed by atoms with van der Waals surface area (Å²) in [7, 11) is 0. The largest absolute Gasteiger partial charge is 0.408 e. The van der Waals surface area contributed by atoms with Crippen molar-refractivity contribution in [3.05, 3.63) is 34.1 Å². The Hall–Kier alpha value is -1.89. The van der Waals surface area contributed by atoms with Crippen LogP contribution in [0.15, 0.2) is 27.1 Å². The molecule has 0 aliphatic heterocycles. The number of nitrogens with two attached hydrogens (primary N) is 1. The molecule has 7 heteroatoms. The van der Waals surface area contributed by atoms with Crippen molar-refractivity contribution in [3.63, 3.8) is 0 Å². The minimum absolute atomic E-state index is 0.116. The molecule has 1 aliphatic rings. The lowest BCUT2D eigenvalue weighted by Crippen LogP contribution is -2.12. The normalized spacial score (nSPS) is 14.4. The number of nitrogens with zero attached hydrogens (tertiary/aromatic N) is 2. The Balaban J connectivity index is 1.75. The second-order valence-electron chi connectivity index (χ2n) is 4.45. The van der Waals surface area contributed by atoms with Crippen molar-refractivity contribution in [2.24, 2.45) is 0 Å². The topological polar surface area (TPSA) is 94.0 Å². The van der Waals surface area contributed by atoms with Crippen molar-refractivity contribution in [2.45, 2.75) is 18.8 Å². The number of nitrogens with one attached hydrogen (secondary N) is 1. The minimum atomic E-state index is -0.334. The lowest BCUT2D eigenvalue weighted by atomic mass is 10.2. The van der Waals surface area contributed by atoms with Gasteiger partial charge in [0, 0.05) is 21.6 Å². The van der Waals surface area contributed by atoms with E-state index in [1.54, 1.807) is 18.2 Å². The first-order valence-electron chi connectivity index (χ1n) is 5.82. The molecule has 3 rings (SSSR count). The molecule has 1 amide bonds. The number of aromatic nitrogens is 2. The molecule has 2 aromatic rings. The highest BCUT2D eigenvalue weighted by Gasteiger charge is 2.29. The average Bonchev–Trinajstić information content (AvgIpc) is 3.09. The van der Waals surface area contributed by atoms with E-state index in [1.165, 1.54) is 0 Å². The highest BCUT2D eigenvalue weighted by atomic mass is 79.9. The number of hydrogen-bond donors (Lipinski definition) is 2. The van der Waals surface area contributed by atoms with Crippen LogP contribution in [0.5, 0.6) is 0 Å². The first-order valence-corrected chi connectivity index (χ1v) is 6.62. The molecule has 1 heterocycles. The van der Waals surface area contributed by atoms with Crippen LogP contribution in [0.2, 0.25) is 0 Å². The highest BCUT2D eigenvalue weighted by Crippen LogP contribution is 2.39. The third kappa shape index (κ3) is 2.76. The van der Waals surface area contributed by atoms with Crippen molar-refractivity contribution >= 4 is 33.5 Å². The van der Waals surface area contributed by atoms with Crippen molar-refractivity contribution in [3.8, 4) is 0 Å². The van der Waals surface area contributed by atoms with Gasteiger partial charge in [-0.2, -0.15) is 0 Å². The van der Waals surface area contributed by atoms with E-state index in [9.17, 15) is 4.79 Å². The Morgan fingerprint density at radius 2 is 2.16 bits per heavy atom. The standard InChI is InChI=1S/C12H11BrN4O2/c13-8-3-7(4-9(14)5-8)10(18)15-12-17-16-11(19-12)6-1-2-6/h3-6H,1-2,14H2,(H,15,17,18). The molecule has 98 valence electrons. The third-order valence-corrected chi connectivity index (χ3v) is 3.23. The molecule has 3 N–H and O–H groups in total. The summed E-state index contributed by atoms with van der Waals surface area (Å²) in [4.78, 5) is 12.0. The Bertz CT molecular complexity index is 616. The van der Waals surface area contributed by atoms with E-state index in [1.807, 2.05) is 0 Å². The van der Waals surface area contributed by atoms with E-state index in [0.29, 0.717) is 23.1 Å². The van der Waals surface area contributed by atoms with Crippen LogP contribution in [0, 0.1) is 0 Å². The van der Waals surface area contributed by atoms with Crippen molar-refractivity contribution in [2.75, 3.05) is 11.1 Å². The molecule has 1 aromatic carbocycles. The molecule has 1 aromatic heterocycles. The first-order chi connectivity index (χ1) is 9.11. The summed E-state index contributed by atoms with van der Waals surface area (Å²) < 4.78 is 6.10.